The summed E-state index contributed by atoms with van der Waals surface area (Å²) < 4.78 is 20.2. The van der Waals surface area contributed by atoms with Crippen molar-refractivity contribution in [3.63, 3.8) is 0 Å². The zero-order valence-electron chi connectivity index (χ0n) is 12.8. The second kappa shape index (κ2) is 5.03. The molecule has 0 fully saturated rings. The van der Waals surface area contributed by atoms with Crippen molar-refractivity contribution in [2.45, 2.75) is 12.1 Å². The van der Waals surface area contributed by atoms with Gasteiger partial charge < -0.3 is 4.74 Å². The zero-order valence-corrected chi connectivity index (χ0v) is 12.8. The number of halogens is 1. The highest BCUT2D eigenvalue weighted by Crippen LogP contribution is 2.47. The number of benzene rings is 3. The summed E-state index contributed by atoms with van der Waals surface area (Å²) in [5.74, 6) is 0.578. The number of hydrogen-bond acceptors (Lipinski definition) is 2. The average molecular weight is 315 g/mol. The molecule has 6 rings (SSSR count). The zero-order chi connectivity index (χ0) is 16.1. The van der Waals surface area contributed by atoms with Crippen molar-refractivity contribution in [2.75, 3.05) is 0 Å². The van der Waals surface area contributed by atoms with Gasteiger partial charge in [0, 0.05) is 11.1 Å². The van der Waals surface area contributed by atoms with Crippen molar-refractivity contribution in [3.8, 4) is 5.75 Å². The van der Waals surface area contributed by atoms with E-state index in [0.717, 1.165) is 33.7 Å². The van der Waals surface area contributed by atoms with Crippen LogP contribution in [0, 0.1) is 5.82 Å². The van der Waals surface area contributed by atoms with Crippen molar-refractivity contribution < 1.29 is 9.13 Å². The van der Waals surface area contributed by atoms with Crippen LogP contribution in [0.3, 0.4) is 0 Å². The van der Waals surface area contributed by atoms with Crippen molar-refractivity contribution in [1.82, 2.24) is 0 Å². The Morgan fingerprint density at radius 2 is 1.58 bits per heavy atom. The maximum Gasteiger partial charge on any atom is 0.166 e. The van der Waals surface area contributed by atoms with Crippen LogP contribution in [0.25, 0.3) is 0 Å². The lowest BCUT2D eigenvalue weighted by atomic mass is 9.87. The number of rotatable bonds is 1. The first-order valence-electron chi connectivity index (χ1n) is 7.99. The second-order valence-corrected chi connectivity index (χ2v) is 6.09. The van der Waals surface area contributed by atoms with Gasteiger partial charge in [0.2, 0.25) is 0 Å². The van der Waals surface area contributed by atoms with E-state index in [4.69, 9.17) is 9.73 Å². The summed E-state index contributed by atoms with van der Waals surface area (Å²) in [4.78, 5) is 4.96. The Labute approximate surface area is 139 Å². The molecule has 0 amide bonds. The maximum atomic E-state index is 13.9. The molecule has 0 saturated heterocycles. The van der Waals surface area contributed by atoms with Crippen LogP contribution in [0.15, 0.2) is 77.8 Å². The molecule has 0 aliphatic carbocycles. The molecule has 3 aromatic carbocycles. The summed E-state index contributed by atoms with van der Waals surface area (Å²) in [6.07, 6.45) is -0.317. The van der Waals surface area contributed by atoms with E-state index >= 15 is 0 Å². The molecule has 3 heteroatoms. The van der Waals surface area contributed by atoms with E-state index in [1.807, 2.05) is 60.7 Å². The largest absolute Gasteiger partial charge is 0.479 e. The molecule has 2 nitrogen and oxygen atoms in total. The van der Waals surface area contributed by atoms with Crippen LogP contribution >= 0.6 is 0 Å². The van der Waals surface area contributed by atoms with Crippen LogP contribution in [0.1, 0.15) is 34.4 Å². The molecule has 0 radical (unpaired) electrons. The number of para-hydroxylation sites is 1. The van der Waals surface area contributed by atoms with E-state index in [1.54, 1.807) is 6.07 Å². The molecule has 2 unspecified atom stereocenters. The molecule has 0 aromatic heterocycles. The Morgan fingerprint density at radius 1 is 0.792 bits per heavy atom. The highest BCUT2D eigenvalue weighted by atomic mass is 19.1. The van der Waals surface area contributed by atoms with E-state index in [1.165, 1.54) is 6.07 Å². The predicted octanol–water partition coefficient (Wildman–Crippen LogP) is 4.85. The molecule has 3 heterocycles. The van der Waals surface area contributed by atoms with Crippen molar-refractivity contribution in [3.05, 3.63) is 101 Å². The van der Waals surface area contributed by atoms with Gasteiger partial charge in [-0.3, -0.25) is 4.99 Å². The molecule has 2 atom stereocenters. The van der Waals surface area contributed by atoms with Gasteiger partial charge in [-0.05, 0) is 29.3 Å². The quantitative estimate of drug-likeness (QED) is 0.629. The summed E-state index contributed by atoms with van der Waals surface area (Å²) in [5.41, 5.74) is 4.81. The van der Waals surface area contributed by atoms with Crippen molar-refractivity contribution in [2.24, 2.45) is 4.99 Å². The van der Waals surface area contributed by atoms with Gasteiger partial charge in [0.1, 0.15) is 17.6 Å². The fraction of sp³-hybridized carbons (Fsp3) is 0.0952. The lowest BCUT2D eigenvalue weighted by Gasteiger charge is -2.26. The smallest absolute Gasteiger partial charge is 0.166 e. The third kappa shape index (κ3) is 1.91. The Hall–Kier alpha value is -2.94. The number of ether oxygens (including phenoxy) is 1. The SMILES string of the molecule is Fc1ccc2c(c1)C1N=C(c3ccccc3)C2Oc2ccccc21. The van der Waals surface area contributed by atoms with Gasteiger partial charge in [-0.15, -0.1) is 0 Å². The van der Waals surface area contributed by atoms with Crippen LogP contribution in [0.2, 0.25) is 0 Å². The lowest BCUT2D eigenvalue weighted by molar-refractivity contribution is 0.275. The van der Waals surface area contributed by atoms with Gasteiger partial charge in [-0.2, -0.15) is 0 Å². The molecule has 3 aliphatic rings. The van der Waals surface area contributed by atoms with Crippen LogP contribution < -0.4 is 4.74 Å². The van der Waals surface area contributed by atoms with Crippen molar-refractivity contribution >= 4 is 5.71 Å². The molecule has 0 N–H and O–H groups in total. The Kier molecular flexibility index (Phi) is 2.83. The first kappa shape index (κ1) is 13.5. The maximum absolute atomic E-state index is 13.9. The monoisotopic (exact) mass is 315 g/mol. The molecule has 3 aliphatic heterocycles. The molecule has 116 valence electrons. The fourth-order valence-corrected chi connectivity index (χ4v) is 3.58. The van der Waals surface area contributed by atoms with Crippen LogP contribution in [0.4, 0.5) is 4.39 Å². The summed E-state index contributed by atoms with van der Waals surface area (Å²) in [5, 5.41) is 0. The molecular formula is C21H14FNO. The molecule has 3 aromatic rings. The Balaban J connectivity index is 1.78. The topological polar surface area (TPSA) is 21.6 Å². The number of hydrogen-bond donors (Lipinski definition) is 0. The third-order valence-corrected chi connectivity index (χ3v) is 4.67. The van der Waals surface area contributed by atoms with E-state index in [2.05, 4.69) is 0 Å². The van der Waals surface area contributed by atoms with Crippen LogP contribution in [-0.2, 0) is 0 Å². The van der Waals surface area contributed by atoms with Gasteiger partial charge in [0.05, 0.1) is 5.71 Å². The number of nitrogens with zero attached hydrogens (tertiary/aromatic N) is 1. The summed E-state index contributed by atoms with van der Waals surface area (Å²) >= 11 is 0. The predicted molar refractivity (Wildman–Crippen MR) is 91.0 cm³/mol. The minimum absolute atomic E-state index is 0.235. The van der Waals surface area contributed by atoms with Gasteiger partial charge in [0.15, 0.2) is 6.10 Å². The molecular weight excluding hydrogens is 301 g/mol. The fourth-order valence-electron chi connectivity index (χ4n) is 3.58. The number of aliphatic imine (C=N–C) groups is 1. The van der Waals surface area contributed by atoms with Crippen LogP contribution in [0.5, 0.6) is 5.75 Å². The van der Waals surface area contributed by atoms with Crippen molar-refractivity contribution in [1.29, 1.82) is 0 Å². The highest BCUT2D eigenvalue weighted by molar-refractivity contribution is 6.06. The molecule has 24 heavy (non-hydrogen) atoms. The third-order valence-electron chi connectivity index (χ3n) is 4.67. The van der Waals surface area contributed by atoms with E-state index in [-0.39, 0.29) is 18.0 Å². The summed E-state index contributed by atoms with van der Waals surface area (Å²) in [6, 6.07) is 22.6. The summed E-state index contributed by atoms with van der Waals surface area (Å²) in [6.45, 7) is 0. The van der Waals surface area contributed by atoms with Crippen LogP contribution in [-0.4, -0.2) is 5.71 Å². The Bertz CT molecular complexity index is 965. The van der Waals surface area contributed by atoms with Gasteiger partial charge in [0.25, 0.3) is 0 Å². The van der Waals surface area contributed by atoms with E-state index in [0.29, 0.717) is 0 Å². The molecule has 0 saturated carbocycles. The average Bonchev–Trinajstić information content (AvgIpc) is 2.87. The normalized spacial score (nSPS) is 20.5. The van der Waals surface area contributed by atoms with E-state index in [9.17, 15) is 4.39 Å². The van der Waals surface area contributed by atoms with Gasteiger partial charge >= 0.3 is 0 Å². The van der Waals surface area contributed by atoms with E-state index < -0.39 is 0 Å². The summed E-state index contributed by atoms with van der Waals surface area (Å²) in [7, 11) is 0. The minimum atomic E-state index is -0.317. The first-order valence-corrected chi connectivity index (χ1v) is 7.99. The standard InChI is InChI=1S/C21H14FNO/c22-14-10-11-15-17(12-14)20-16-8-4-5-9-18(16)24-21(15)19(23-20)13-6-2-1-3-7-13/h1-12,20-21H. The van der Waals surface area contributed by atoms with Gasteiger partial charge in [-0.25, -0.2) is 4.39 Å². The first-order chi connectivity index (χ1) is 11.8. The lowest BCUT2D eigenvalue weighted by Crippen LogP contribution is -2.24. The Morgan fingerprint density at radius 3 is 2.46 bits per heavy atom. The van der Waals surface area contributed by atoms with Gasteiger partial charge in [-0.1, -0.05) is 54.6 Å². The second-order valence-electron chi connectivity index (χ2n) is 6.09. The molecule has 0 spiro atoms. The molecule has 2 bridgehead atoms. The minimum Gasteiger partial charge on any atom is -0.479 e. The highest BCUT2D eigenvalue weighted by Gasteiger charge is 2.38.